The number of rotatable bonds is 4. The van der Waals surface area contributed by atoms with Crippen molar-refractivity contribution < 1.29 is 9.90 Å². The molecular formula is C19H25N3O2. The number of carbonyl (C=O) groups is 1. The van der Waals surface area contributed by atoms with Gasteiger partial charge in [-0.05, 0) is 49.9 Å². The van der Waals surface area contributed by atoms with Gasteiger partial charge in [0.05, 0.1) is 18.2 Å². The zero-order valence-electron chi connectivity index (χ0n) is 14.5. The number of carbonyl (C=O) groups excluding carboxylic acids is 1. The first-order valence-electron chi connectivity index (χ1n) is 8.45. The minimum Gasteiger partial charge on any atom is -0.391 e. The zero-order chi connectivity index (χ0) is 17.3. The third-order valence-corrected chi connectivity index (χ3v) is 4.92. The molecule has 3 rings (SSSR count). The van der Waals surface area contributed by atoms with Crippen molar-refractivity contribution in [2.24, 2.45) is 5.92 Å². The zero-order valence-corrected chi connectivity index (χ0v) is 14.5. The molecule has 1 fully saturated rings. The van der Waals surface area contributed by atoms with E-state index in [1.54, 1.807) is 4.90 Å². The highest BCUT2D eigenvalue weighted by Gasteiger charge is 2.34. The second kappa shape index (κ2) is 6.77. The van der Waals surface area contributed by atoms with Crippen molar-refractivity contribution in [2.75, 3.05) is 13.1 Å². The van der Waals surface area contributed by atoms with Crippen LogP contribution in [0.5, 0.6) is 0 Å². The van der Waals surface area contributed by atoms with Crippen molar-refractivity contribution in [3.05, 3.63) is 52.3 Å². The molecule has 2 atom stereocenters. The fourth-order valence-electron chi connectivity index (χ4n) is 3.31. The number of aromatic amines is 1. The molecule has 1 aliphatic rings. The first-order valence-corrected chi connectivity index (χ1v) is 8.45. The fraction of sp³-hybridized carbons (Fsp3) is 0.474. The van der Waals surface area contributed by atoms with E-state index in [2.05, 4.69) is 36.2 Å². The number of aryl methyl sites for hydroxylation is 3. The highest BCUT2D eigenvalue weighted by molar-refractivity contribution is 5.79. The summed E-state index contributed by atoms with van der Waals surface area (Å²) in [5.41, 5.74) is 5.43. The molecule has 2 heterocycles. The molecule has 128 valence electrons. The van der Waals surface area contributed by atoms with E-state index in [9.17, 15) is 9.90 Å². The highest BCUT2D eigenvalue weighted by atomic mass is 16.3. The number of H-pyrrole nitrogens is 1. The first-order chi connectivity index (χ1) is 11.4. The van der Waals surface area contributed by atoms with E-state index in [1.165, 1.54) is 11.1 Å². The minimum atomic E-state index is -0.481. The van der Waals surface area contributed by atoms with Crippen LogP contribution in [0.3, 0.4) is 0 Å². The molecule has 1 amide bonds. The molecule has 2 aromatic rings. The lowest BCUT2D eigenvalue weighted by atomic mass is 10.00. The Morgan fingerprint density at radius 1 is 1.25 bits per heavy atom. The predicted molar refractivity (Wildman–Crippen MR) is 92.7 cm³/mol. The predicted octanol–water partition coefficient (Wildman–Crippen LogP) is 1.94. The van der Waals surface area contributed by atoms with Gasteiger partial charge in [0.1, 0.15) is 0 Å². The summed E-state index contributed by atoms with van der Waals surface area (Å²) in [7, 11) is 0. The molecule has 1 aliphatic heterocycles. The van der Waals surface area contributed by atoms with E-state index in [0.29, 0.717) is 25.9 Å². The average Bonchev–Trinajstić information content (AvgIpc) is 3.10. The summed E-state index contributed by atoms with van der Waals surface area (Å²) in [5, 5.41) is 17.4. The van der Waals surface area contributed by atoms with Crippen LogP contribution in [0.25, 0.3) is 0 Å². The van der Waals surface area contributed by atoms with Crippen LogP contribution in [-0.2, 0) is 17.6 Å². The third-order valence-electron chi connectivity index (χ3n) is 4.92. The molecule has 1 aromatic heterocycles. The lowest BCUT2D eigenvalue weighted by Crippen LogP contribution is -2.31. The second-order valence-electron chi connectivity index (χ2n) is 6.97. The Balaban J connectivity index is 1.60. The maximum absolute atomic E-state index is 12.6. The molecule has 1 saturated heterocycles. The van der Waals surface area contributed by atoms with Gasteiger partial charge in [0, 0.05) is 24.7 Å². The molecule has 1 aromatic carbocycles. The number of amides is 1. The molecular weight excluding hydrogens is 302 g/mol. The van der Waals surface area contributed by atoms with Crippen molar-refractivity contribution in [1.29, 1.82) is 0 Å². The van der Waals surface area contributed by atoms with Gasteiger partial charge in [-0.25, -0.2) is 0 Å². The highest BCUT2D eigenvalue weighted by Crippen LogP contribution is 2.22. The number of nitrogens with one attached hydrogen (secondary N) is 1. The van der Waals surface area contributed by atoms with Crippen LogP contribution in [0.4, 0.5) is 0 Å². The van der Waals surface area contributed by atoms with Gasteiger partial charge >= 0.3 is 0 Å². The number of aliphatic hydroxyl groups excluding tert-OH is 1. The van der Waals surface area contributed by atoms with Gasteiger partial charge in [0.2, 0.25) is 5.91 Å². The second-order valence-corrected chi connectivity index (χ2v) is 6.97. The first kappa shape index (κ1) is 16.7. The molecule has 5 nitrogen and oxygen atoms in total. The summed E-state index contributed by atoms with van der Waals surface area (Å²) >= 11 is 0. The van der Waals surface area contributed by atoms with Crippen molar-refractivity contribution in [1.82, 2.24) is 15.1 Å². The van der Waals surface area contributed by atoms with Gasteiger partial charge in [-0.3, -0.25) is 9.89 Å². The fourth-order valence-corrected chi connectivity index (χ4v) is 3.31. The van der Waals surface area contributed by atoms with Crippen molar-refractivity contribution in [3.8, 4) is 0 Å². The average molecular weight is 327 g/mol. The Morgan fingerprint density at radius 2 is 2.04 bits per heavy atom. The lowest BCUT2D eigenvalue weighted by molar-refractivity contribution is -0.129. The monoisotopic (exact) mass is 327 g/mol. The largest absolute Gasteiger partial charge is 0.391 e. The maximum atomic E-state index is 12.6. The van der Waals surface area contributed by atoms with E-state index in [4.69, 9.17) is 0 Å². The summed E-state index contributed by atoms with van der Waals surface area (Å²) in [6.07, 6.45) is 0.604. The van der Waals surface area contributed by atoms with E-state index >= 15 is 0 Å². The number of nitrogens with zero attached hydrogens (tertiary/aromatic N) is 2. The number of benzene rings is 1. The summed E-state index contributed by atoms with van der Waals surface area (Å²) < 4.78 is 0. The smallest absolute Gasteiger partial charge is 0.227 e. The van der Waals surface area contributed by atoms with Crippen LogP contribution in [0.1, 0.15) is 28.1 Å². The molecule has 0 aliphatic carbocycles. The van der Waals surface area contributed by atoms with Gasteiger partial charge in [0.15, 0.2) is 0 Å². The summed E-state index contributed by atoms with van der Waals surface area (Å²) in [5.74, 6) is 0.134. The molecule has 24 heavy (non-hydrogen) atoms. The third kappa shape index (κ3) is 3.67. The van der Waals surface area contributed by atoms with E-state index in [0.717, 1.165) is 17.0 Å². The number of hydrogen-bond donors (Lipinski definition) is 2. The Morgan fingerprint density at radius 3 is 2.71 bits per heavy atom. The molecule has 2 N–H and O–H groups in total. The van der Waals surface area contributed by atoms with Gasteiger partial charge < -0.3 is 10.0 Å². The molecule has 0 bridgehead atoms. The van der Waals surface area contributed by atoms with Crippen LogP contribution < -0.4 is 0 Å². The van der Waals surface area contributed by atoms with Gasteiger partial charge in [0.25, 0.3) is 0 Å². The molecule has 5 heteroatoms. The Hall–Kier alpha value is -2.14. The van der Waals surface area contributed by atoms with Crippen LogP contribution in [0.2, 0.25) is 0 Å². The molecule has 0 radical (unpaired) electrons. The van der Waals surface area contributed by atoms with Gasteiger partial charge in [-0.2, -0.15) is 5.10 Å². The number of aromatic nitrogens is 2. The van der Waals surface area contributed by atoms with Crippen molar-refractivity contribution in [3.63, 3.8) is 0 Å². The minimum absolute atomic E-state index is 0.0522. The Kier molecular flexibility index (Phi) is 4.71. The Labute approximate surface area is 142 Å². The topological polar surface area (TPSA) is 69.2 Å². The van der Waals surface area contributed by atoms with Crippen molar-refractivity contribution in [2.45, 2.75) is 39.7 Å². The van der Waals surface area contributed by atoms with Crippen LogP contribution >= 0.6 is 0 Å². The molecule has 2 unspecified atom stereocenters. The summed E-state index contributed by atoms with van der Waals surface area (Å²) in [6, 6.07) is 8.13. The lowest BCUT2D eigenvalue weighted by Gasteiger charge is -2.16. The number of hydrogen-bond acceptors (Lipinski definition) is 3. The standard InChI is InChI=1S/C19H25N3O2/c1-12-4-5-15(6-13(12)2)8-19(24)22-10-16(18(23)11-22)9-17-7-14(3)20-21-17/h4-7,16,18,23H,8-11H2,1-3H3,(H,20,21). The molecule has 0 saturated carbocycles. The van der Waals surface area contributed by atoms with E-state index < -0.39 is 6.10 Å². The van der Waals surface area contributed by atoms with Crippen LogP contribution in [-0.4, -0.2) is 45.3 Å². The van der Waals surface area contributed by atoms with Crippen LogP contribution in [0.15, 0.2) is 24.3 Å². The SMILES string of the molecule is Cc1cc(CC2CN(C(=O)Cc3ccc(C)c(C)c3)CC2O)n[nH]1. The van der Waals surface area contributed by atoms with E-state index in [-0.39, 0.29) is 11.8 Å². The number of likely N-dealkylation sites (tertiary alicyclic amines) is 1. The van der Waals surface area contributed by atoms with Crippen molar-refractivity contribution >= 4 is 5.91 Å². The normalized spacial score (nSPS) is 20.6. The van der Waals surface area contributed by atoms with Gasteiger partial charge in [-0.1, -0.05) is 18.2 Å². The summed E-state index contributed by atoms with van der Waals surface area (Å²) in [4.78, 5) is 14.3. The van der Waals surface area contributed by atoms with E-state index in [1.807, 2.05) is 19.1 Å². The quantitative estimate of drug-likeness (QED) is 0.902. The number of aliphatic hydroxyl groups is 1. The van der Waals surface area contributed by atoms with Gasteiger partial charge in [-0.15, -0.1) is 0 Å². The maximum Gasteiger partial charge on any atom is 0.227 e. The molecule has 0 spiro atoms. The van der Waals surface area contributed by atoms with Crippen LogP contribution in [0, 0.1) is 26.7 Å². The number of β-amino-alcohol motifs (C(OH)–C–C–N with tert-alkyl or cyclic N) is 1. The Bertz CT molecular complexity index is 738. The summed E-state index contributed by atoms with van der Waals surface area (Å²) in [6.45, 7) is 7.10.